The van der Waals surface area contributed by atoms with E-state index in [9.17, 15) is 9.59 Å². The van der Waals surface area contributed by atoms with Gasteiger partial charge < -0.3 is 15.5 Å². The van der Waals surface area contributed by atoms with Crippen LogP contribution in [0.2, 0.25) is 5.02 Å². The van der Waals surface area contributed by atoms with Crippen molar-refractivity contribution in [3.63, 3.8) is 0 Å². The molecule has 1 aliphatic heterocycles. The molecule has 2 aromatic carbocycles. The summed E-state index contributed by atoms with van der Waals surface area (Å²) in [6, 6.07) is 12.7. The molecular formula is C26H32ClN3O2. The van der Waals surface area contributed by atoms with Crippen molar-refractivity contribution in [2.24, 2.45) is 5.92 Å². The molecule has 32 heavy (non-hydrogen) atoms. The van der Waals surface area contributed by atoms with E-state index in [1.54, 1.807) is 24.3 Å². The first-order valence-electron chi connectivity index (χ1n) is 11.8. The van der Waals surface area contributed by atoms with E-state index in [1.807, 2.05) is 18.2 Å². The maximum absolute atomic E-state index is 13.3. The van der Waals surface area contributed by atoms with E-state index in [0.29, 0.717) is 27.8 Å². The van der Waals surface area contributed by atoms with E-state index in [-0.39, 0.29) is 17.9 Å². The van der Waals surface area contributed by atoms with Crippen LogP contribution in [0.3, 0.4) is 0 Å². The van der Waals surface area contributed by atoms with Gasteiger partial charge in [-0.1, -0.05) is 43.9 Å². The second-order valence-electron chi connectivity index (χ2n) is 9.17. The minimum Gasteiger partial charge on any atom is -0.371 e. The fourth-order valence-corrected chi connectivity index (χ4v) is 4.85. The van der Waals surface area contributed by atoms with Gasteiger partial charge in [-0.05, 0) is 68.0 Å². The number of halogens is 1. The molecule has 0 spiro atoms. The summed E-state index contributed by atoms with van der Waals surface area (Å²) in [5, 5.41) is 6.69. The smallest absolute Gasteiger partial charge is 0.255 e. The molecule has 4 rings (SSSR count). The molecular weight excluding hydrogens is 422 g/mol. The van der Waals surface area contributed by atoms with E-state index in [1.165, 1.54) is 6.42 Å². The van der Waals surface area contributed by atoms with Crippen molar-refractivity contribution in [1.29, 1.82) is 0 Å². The van der Waals surface area contributed by atoms with Crippen LogP contribution in [0.1, 0.15) is 72.6 Å². The van der Waals surface area contributed by atoms with Gasteiger partial charge in [0.25, 0.3) is 11.8 Å². The van der Waals surface area contributed by atoms with Crippen molar-refractivity contribution in [2.45, 2.75) is 57.9 Å². The number of benzene rings is 2. The van der Waals surface area contributed by atoms with Gasteiger partial charge in [0.2, 0.25) is 0 Å². The molecule has 0 atom stereocenters. The number of hydrogen-bond acceptors (Lipinski definition) is 3. The normalized spacial score (nSPS) is 17.8. The molecule has 1 aliphatic carbocycles. The first-order valence-corrected chi connectivity index (χ1v) is 12.1. The average molecular weight is 454 g/mol. The van der Waals surface area contributed by atoms with Crippen molar-refractivity contribution in [1.82, 2.24) is 5.32 Å². The maximum atomic E-state index is 13.3. The lowest BCUT2D eigenvalue weighted by molar-refractivity contribution is 0.0927. The number of nitrogens with zero attached hydrogens (tertiary/aromatic N) is 1. The summed E-state index contributed by atoms with van der Waals surface area (Å²) in [5.74, 6) is 0.414. The molecule has 2 aromatic rings. The molecule has 5 nitrogen and oxygen atoms in total. The number of carbonyl (C=O) groups excluding carboxylic acids is 2. The molecule has 0 aromatic heterocycles. The van der Waals surface area contributed by atoms with Gasteiger partial charge in [0.05, 0.1) is 5.56 Å². The molecule has 1 saturated carbocycles. The summed E-state index contributed by atoms with van der Waals surface area (Å²) in [6.45, 7) is 4.17. The molecule has 2 amide bonds. The number of amides is 2. The molecule has 0 bridgehead atoms. The van der Waals surface area contributed by atoms with Crippen LogP contribution >= 0.6 is 11.6 Å². The zero-order valence-corrected chi connectivity index (χ0v) is 19.5. The molecule has 0 radical (unpaired) electrons. The summed E-state index contributed by atoms with van der Waals surface area (Å²) >= 11 is 6.03. The predicted molar refractivity (Wildman–Crippen MR) is 131 cm³/mol. The third-order valence-corrected chi connectivity index (χ3v) is 6.89. The Morgan fingerprint density at radius 1 is 0.938 bits per heavy atom. The Labute approximate surface area is 195 Å². The highest BCUT2D eigenvalue weighted by Gasteiger charge is 2.24. The monoisotopic (exact) mass is 453 g/mol. The highest BCUT2D eigenvalue weighted by molar-refractivity contribution is 6.31. The summed E-state index contributed by atoms with van der Waals surface area (Å²) < 4.78 is 0. The third kappa shape index (κ3) is 5.63. The SMILES string of the molecule is CC1CCN(c2ccc(NC(=O)c3cccc(Cl)c3)cc2C(=O)NC2CCCCC2)CC1. The molecule has 170 valence electrons. The van der Waals surface area contributed by atoms with Gasteiger partial charge in [-0.3, -0.25) is 9.59 Å². The first kappa shape index (κ1) is 22.7. The Balaban J connectivity index is 1.57. The number of carbonyl (C=O) groups is 2. The van der Waals surface area contributed by atoms with Crippen LogP contribution in [0, 0.1) is 5.92 Å². The van der Waals surface area contributed by atoms with Crippen molar-refractivity contribution >= 4 is 34.8 Å². The molecule has 2 N–H and O–H groups in total. The summed E-state index contributed by atoms with van der Waals surface area (Å²) in [4.78, 5) is 28.3. The van der Waals surface area contributed by atoms with Crippen molar-refractivity contribution in [3.8, 4) is 0 Å². The minimum absolute atomic E-state index is 0.0515. The average Bonchev–Trinajstić information content (AvgIpc) is 2.80. The fourth-order valence-electron chi connectivity index (χ4n) is 4.66. The summed E-state index contributed by atoms with van der Waals surface area (Å²) in [7, 11) is 0. The topological polar surface area (TPSA) is 61.4 Å². The van der Waals surface area contributed by atoms with Crippen LogP contribution in [0.15, 0.2) is 42.5 Å². The lowest BCUT2D eigenvalue weighted by Gasteiger charge is -2.34. The summed E-state index contributed by atoms with van der Waals surface area (Å²) in [5.41, 5.74) is 2.68. The van der Waals surface area contributed by atoms with Crippen LogP contribution in [0.4, 0.5) is 11.4 Å². The Kier molecular flexibility index (Phi) is 7.36. The number of piperidine rings is 1. The van der Waals surface area contributed by atoms with Gasteiger partial charge in [-0.2, -0.15) is 0 Å². The molecule has 2 fully saturated rings. The van der Waals surface area contributed by atoms with E-state index in [4.69, 9.17) is 11.6 Å². The number of rotatable bonds is 5. The van der Waals surface area contributed by atoms with Gasteiger partial charge >= 0.3 is 0 Å². The van der Waals surface area contributed by atoms with E-state index in [0.717, 1.165) is 57.3 Å². The largest absolute Gasteiger partial charge is 0.371 e. The van der Waals surface area contributed by atoms with Crippen LogP contribution in [0.5, 0.6) is 0 Å². The van der Waals surface area contributed by atoms with Gasteiger partial charge in [-0.15, -0.1) is 0 Å². The highest BCUT2D eigenvalue weighted by Crippen LogP contribution is 2.29. The number of nitrogens with one attached hydrogen (secondary N) is 2. The van der Waals surface area contributed by atoms with Gasteiger partial charge in [0, 0.05) is 41.1 Å². The zero-order valence-electron chi connectivity index (χ0n) is 18.7. The van der Waals surface area contributed by atoms with Gasteiger partial charge in [0.15, 0.2) is 0 Å². The Morgan fingerprint density at radius 3 is 2.41 bits per heavy atom. The summed E-state index contributed by atoms with van der Waals surface area (Å²) in [6.07, 6.45) is 7.89. The standard InChI is InChI=1S/C26H32ClN3O2/c1-18-12-14-30(15-13-18)24-11-10-22(29-25(31)19-6-5-7-20(27)16-19)17-23(24)26(32)28-21-8-3-2-4-9-21/h5-7,10-11,16-18,21H,2-4,8-9,12-15H2,1H3,(H,28,32)(H,29,31). The van der Waals surface area contributed by atoms with Crippen LogP contribution in [-0.4, -0.2) is 30.9 Å². The third-order valence-electron chi connectivity index (χ3n) is 6.65. The predicted octanol–water partition coefficient (Wildman–Crippen LogP) is 5.89. The molecule has 1 heterocycles. The van der Waals surface area contributed by atoms with E-state index < -0.39 is 0 Å². The second kappa shape index (κ2) is 10.4. The first-order chi connectivity index (χ1) is 15.5. The highest BCUT2D eigenvalue weighted by atomic mass is 35.5. The molecule has 2 aliphatic rings. The second-order valence-corrected chi connectivity index (χ2v) is 9.61. The molecule has 6 heteroatoms. The Bertz CT molecular complexity index is 963. The van der Waals surface area contributed by atoms with Gasteiger partial charge in [-0.25, -0.2) is 0 Å². The van der Waals surface area contributed by atoms with Gasteiger partial charge in [0.1, 0.15) is 0 Å². The lowest BCUT2D eigenvalue weighted by Crippen LogP contribution is -2.38. The van der Waals surface area contributed by atoms with Crippen LogP contribution < -0.4 is 15.5 Å². The maximum Gasteiger partial charge on any atom is 0.255 e. The number of anilines is 2. The quantitative estimate of drug-likeness (QED) is 0.593. The van der Waals surface area contributed by atoms with Crippen LogP contribution in [0.25, 0.3) is 0 Å². The lowest BCUT2D eigenvalue weighted by atomic mass is 9.95. The Hall–Kier alpha value is -2.53. The number of hydrogen-bond donors (Lipinski definition) is 2. The van der Waals surface area contributed by atoms with Crippen LogP contribution in [-0.2, 0) is 0 Å². The van der Waals surface area contributed by atoms with Crippen molar-refractivity contribution in [3.05, 3.63) is 58.6 Å². The fraction of sp³-hybridized carbons (Fsp3) is 0.462. The molecule has 1 saturated heterocycles. The van der Waals surface area contributed by atoms with Crippen molar-refractivity contribution in [2.75, 3.05) is 23.3 Å². The Morgan fingerprint density at radius 2 is 1.69 bits per heavy atom. The van der Waals surface area contributed by atoms with Crippen molar-refractivity contribution < 1.29 is 9.59 Å². The van der Waals surface area contributed by atoms with E-state index in [2.05, 4.69) is 22.5 Å². The molecule has 0 unspecified atom stereocenters. The zero-order chi connectivity index (χ0) is 22.5. The van der Waals surface area contributed by atoms with E-state index >= 15 is 0 Å². The minimum atomic E-state index is -0.245.